The summed E-state index contributed by atoms with van der Waals surface area (Å²) in [5.41, 5.74) is 1.52. The molecule has 9 heteroatoms. The molecule has 3 amide bonds. The zero-order valence-electron chi connectivity index (χ0n) is 18.3. The number of thiophene rings is 1. The standard InChI is InChI=1S/C24H25N3O5S/c1-3-31-19-12-7-16(14-20(19)32-4-2)23(29)25-15-22(28)26-17-8-10-18(11-9-17)27-24(30)21-6-5-13-33-21/h5-14H,3-4,15H2,1-2H3,(H,25,29)(H,26,28)(H,27,30). The minimum atomic E-state index is -0.402. The monoisotopic (exact) mass is 467 g/mol. The molecule has 0 bridgehead atoms. The molecule has 3 aromatic rings. The van der Waals surface area contributed by atoms with Crippen molar-refractivity contribution in [1.82, 2.24) is 5.32 Å². The van der Waals surface area contributed by atoms with Gasteiger partial charge in [-0.25, -0.2) is 0 Å². The third kappa shape index (κ3) is 6.81. The van der Waals surface area contributed by atoms with Crippen LogP contribution in [0.25, 0.3) is 0 Å². The van der Waals surface area contributed by atoms with E-state index in [9.17, 15) is 14.4 Å². The number of carbonyl (C=O) groups excluding carboxylic acids is 3. The van der Waals surface area contributed by atoms with Gasteiger partial charge in [-0.2, -0.15) is 0 Å². The average Bonchev–Trinajstić information content (AvgIpc) is 3.35. The van der Waals surface area contributed by atoms with Crippen molar-refractivity contribution in [3.63, 3.8) is 0 Å². The van der Waals surface area contributed by atoms with Crippen LogP contribution in [0.2, 0.25) is 0 Å². The number of amides is 3. The minimum absolute atomic E-state index is 0.189. The molecule has 0 fully saturated rings. The second-order valence-electron chi connectivity index (χ2n) is 6.77. The fraction of sp³-hybridized carbons (Fsp3) is 0.208. The molecule has 8 nitrogen and oxygen atoms in total. The van der Waals surface area contributed by atoms with Crippen molar-refractivity contribution in [2.45, 2.75) is 13.8 Å². The molecular formula is C24H25N3O5S. The van der Waals surface area contributed by atoms with Crippen LogP contribution in [-0.4, -0.2) is 37.5 Å². The SMILES string of the molecule is CCOc1ccc(C(=O)NCC(=O)Nc2ccc(NC(=O)c3cccs3)cc2)cc1OCC. The topological polar surface area (TPSA) is 106 Å². The predicted molar refractivity (Wildman–Crippen MR) is 128 cm³/mol. The third-order valence-corrected chi connectivity index (χ3v) is 5.26. The van der Waals surface area contributed by atoms with Crippen molar-refractivity contribution < 1.29 is 23.9 Å². The summed E-state index contributed by atoms with van der Waals surface area (Å²) in [7, 11) is 0. The number of anilines is 2. The van der Waals surface area contributed by atoms with E-state index in [-0.39, 0.29) is 18.4 Å². The van der Waals surface area contributed by atoms with Gasteiger partial charge < -0.3 is 25.4 Å². The Labute approximate surface area is 195 Å². The van der Waals surface area contributed by atoms with Crippen LogP contribution in [-0.2, 0) is 4.79 Å². The molecule has 0 aliphatic carbocycles. The first-order valence-electron chi connectivity index (χ1n) is 10.4. The van der Waals surface area contributed by atoms with Gasteiger partial charge in [0.2, 0.25) is 5.91 Å². The highest BCUT2D eigenvalue weighted by Crippen LogP contribution is 2.28. The van der Waals surface area contributed by atoms with Gasteiger partial charge in [-0.15, -0.1) is 11.3 Å². The maximum absolute atomic E-state index is 12.4. The molecule has 3 rings (SSSR count). The van der Waals surface area contributed by atoms with E-state index in [0.717, 1.165) is 0 Å². The Morgan fingerprint density at radius 1 is 0.818 bits per heavy atom. The zero-order chi connectivity index (χ0) is 23.6. The van der Waals surface area contributed by atoms with Crippen LogP contribution in [0, 0.1) is 0 Å². The van der Waals surface area contributed by atoms with E-state index in [1.165, 1.54) is 11.3 Å². The maximum Gasteiger partial charge on any atom is 0.265 e. The second-order valence-corrected chi connectivity index (χ2v) is 7.71. The van der Waals surface area contributed by atoms with Crippen LogP contribution in [0.15, 0.2) is 60.0 Å². The summed E-state index contributed by atoms with van der Waals surface area (Å²) in [5, 5.41) is 9.92. The number of rotatable bonds is 10. The third-order valence-electron chi connectivity index (χ3n) is 4.39. The van der Waals surface area contributed by atoms with E-state index < -0.39 is 5.91 Å². The summed E-state index contributed by atoms with van der Waals surface area (Å²) in [6.07, 6.45) is 0. The lowest BCUT2D eigenvalue weighted by Crippen LogP contribution is -2.32. The zero-order valence-corrected chi connectivity index (χ0v) is 19.2. The van der Waals surface area contributed by atoms with Gasteiger partial charge in [0.05, 0.1) is 24.6 Å². The molecule has 3 N–H and O–H groups in total. The fourth-order valence-electron chi connectivity index (χ4n) is 2.90. The van der Waals surface area contributed by atoms with Crippen molar-refractivity contribution in [3.05, 3.63) is 70.4 Å². The first kappa shape index (κ1) is 23.8. The Bertz CT molecular complexity index is 1100. The quantitative estimate of drug-likeness (QED) is 0.415. The molecule has 1 heterocycles. The molecule has 0 saturated heterocycles. The fourth-order valence-corrected chi connectivity index (χ4v) is 3.52. The summed E-state index contributed by atoms with van der Waals surface area (Å²) in [6.45, 7) is 4.42. The van der Waals surface area contributed by atoms with Crippen molar-refractivity contribution >= 4 is 40.4 Å². The number of ether oxygens (including phenoxy) is 2. The Hall–Kier alpha value is -3.85. The van der Waals surface area contributed by atoms with Crippen LogP contribution in [0.1, 0.15) is 33.9 Å². The normalized spacial score (nSPS) is 10.2. The molecule has 172 valence electrons. The van der Waals surface area contributed by atoms with Gasteiger partial charge in [-0.1, -0.05) is 6.07 Å². The first-order valence-corrected chi connectivity index (χ1v) is 11.3. The summed E-state index contributed by atoms with van der Waals surface area (Å²) >= 11 is 1.36. The molecule has 0 atom stereocenters. The molecule has 2 aromatic carbocycles. The average molecular weight is 468 g/mol. The van der Waals surface area contributed by atoms with Crippen molar-refractivity contribution in [2.75, 3.05) is 30.4 Å². The van der Waals surface area contributed by atoms with Crippen LogP contribution in [0.4, 0.5) is 11.4 Å². The second kappa shape index (κ2) is 11.7. The van der Waals surface area contributed by atoms with Crippen LogP contribution in [0.5, 0.6) is 11.5 Å². The molecule has 33 heavy (non-hydrogen) atoms. The smallest absolute Gasteiger partial charge is 0.265 e. The maximum atomic E-state index is 12.4. The Morgan fingerprint density at radius 3 is 2.12 bits per heavy atom. The van der Waals surface area contributed by atoms with Gasteiger partial charge in [-0.05, 0) is 67.8 Å². The molecule has 0 saturated carbocycles. The highest BCUT2D eigenvalue weighted by Gasteiger charge is 2.13. The van der Waals surface area contributed by atoms with Crippen LogP contribution < -0.4 is 25.4 Å². The van der Waals surface area contributed by atoms with Crippen molar-refractivity contribution in [3.8, 4) is 11.5 Å². The number of hydrogen-bond acceptors (Lipinski definition) is 6. The van der Waals surface area contributed by atoms with Crippen molar-refractivity contribution in [1.29, 1.82) is 0 Å². The molecular weight excluding hydrogens is 442 g/mol. The van der Waals surface area contributed by atoms with E-state index in [1.54, 1.807) is 48.5 Å². The van der Waals surface area contributed by atoms with Gasteiger partial charge >= 0.3 is 0 Å². The van der Waals surface area contributed by atoms with Crippen LogP contribution >= 0.6 is 11.3 Å². The van der Waals surface area contributed by atoms with Gasteiger partial charge in [-0.3, -0.25) is 14.4 Å². The number of nitrogens with one attached hydrogen (secondary N) is 3. The van der Waals surface area contributed by atoms with E-state index in [1.807, 2.05) is 25.3 Å². The van der Waals surface area contributed by atoms with E-state index in [2.05, 4.69) is 16.0 Å². The molecule has 0 aliphatic rings. The summed E-state index contributed by atoms with van der Waals surface area (Å²) in [5.74, 6) is 0.0631. The molecule has 0 spiro atoms. The Kier molecular flexibility index (Phi) is 8.43. The van der Waals surface area contributed by atoms with Crippen LogP contribution in [0.3, 0.4) is 0 Å². The molecule has 0 unspecified atom stereocenters. The van der Waals surface area contributed by atoms with E-state index in [0.29, 0.717) is 46.5 Å². The Morgan fingerprint density at radius 2 is 1.48 bits per heavy atom. The van der Waals surface area contributed by atoms with Gasteiger partial charge in [0.25, 0.3) is 11.8 Å². The number of carbonyl (C=O) groups is 3. The lowest BCUT2D eigenvalue weighted by Gasteiger charge is -2.12. The summed E-state index contributed by atoms with van der Waals surface area (Å²) in [4.78, 5) is 37.4. The molecule has 0 radical (unpaired) electrons. The van der Waals surface area contributed by atoms with E-state index >= 15 is 0 Å². The molecule has 1 aromatic heterocycles. The van der Waals surface area contributed by atoms with Gasteiger partial charge in [0.15, 0.2) is 11.5 Å². The summed E-state index contributed by atoms with van der Waals surface area (Å²) in [6, 6.07) is 15.1. The molecule has 0 aliphatic heterocycles. The number of hydrogen-bond donors (Lipinski definition) is 3. The van der Waals surface area contributed by atoms with Gasteiger partial charge in [0.1, 0.15) is 0 Å². The Balaban J connectivity index is 1.51. The van der Waals surface area contributed by atoms with Crippen molar-refractivity contribution in [2.24, 2.45) is 0 Å². The largest absolute Gasteiger partial charge is 0.490 e. The lowest BCUT2D eigenvalue weighted by molar-refractivity contribution is -0.115. The number of benzene rings is 2. The highest BCUT2D eigenvalue weighted by molar-refractivity contribution is 7.12. The predicted octanol–water partition coefficient (Wildman–Crippen LogP) is 4.17. The van der Waals surface area contributed by atoms with Gasteiger partial charge in [0, 0.05) is 16.9 Å². The highest BCUT2D eigenvalue weighted by atomic mass is 32.1. The first-order chi connectivity index (χ1) is 16.0. The lowest BCUT2D eigenvalue weighted by atomic mass is 10.2. The van der Waals surface area contributed by atoms with E-state index in [4.69, 9.17) is 9.47 Å². The minimum Gasteiger partial charge on any atom is -0.490 e. The summed E-state index contributed by atoms with van der Waals surface area (Å²) < 4.78 is 11.0.